The molecule has 0 saturated carbocycles. The molecule has 2 heterocycles. The molecule has 0 atom stereocenters. The number of nitrogens with zero attached hydrogens (tertiary/aromatic N) is 4. The summed E-state index contributed by atoms with van der Waals surface area (Å²) < 4.78 is 4.45. The standard InChI is InChI=1S/C24H23BrN4O/c1-5-23-27-22-11-8-19(25)13-21(22)24(30)29(23)26-14-18-12-16(3)28(17(18)4)20-9-6-15(2)7-10-20/h6-14H,5H2,1-4H3. The molecule has 0 aliphatic rings. The molecule has 0 aliphatic heterocycles. The molecule has 0 spiro atoms. The molecule has 30 heavy (non-hydrogen) atoms. The van der Waals surface area contributed by atoms with E-state index < -0.39 is 0 Å². The van der Waals surface area contributed by atoms with Gasteiger partial charge in [-0.3, -0.25) is 4.79 Å². The number of aryl methyl sites for hydroxylation is 3. The topological polar surface area (TPSA) is 52.2 Å². The fraction of sp³-hybridized carbons (Fsp3) is 0.208. The molecule has 0 bridgehead atoms. The number of halogens is 1. The van der Waals surface area contributed by atoms with Gasteiger partial charge in [0, 0.05) is 33.5 Å². The highest BCUT2D eigenvalue weighted by atomic mass is 79.9. The van der Waals surface area contributed by atoms with Gasteiger partial charge in [0.1, 0.15) is 5.82 Å². The lowest BCUT2D eigenvalue weighted by Gasteiger charge is -2.10. The lowest BCUT2D eigenvalue weighted by atomic mass is 10.2. The SMILES string of the molecule is CCc1nc2ccc(Br)cc2c(=O)n1N=Cc1cc(C)n(-c2ccc(C)cc2)c1C. The van der Waals surface area contributed by atoms with Gasteiger partial charge in [0.25, 0.3) is 5.56 Å². The molecule has 2 aromatic heterocycles. The van der Waals surface area contributed by atoms with Gasteiger partial charge in [-0.1, -0.05) is 40.5 Å². The second-order valence-corrected chi connectivity index (χ2v) is 8.32. The number of rotatable bonds is 4. The molecule has 2 aromatic carbocycles. The van der Waals surface area contributed by atoms with Gasteiger partial charge in [0.2, 0.25) is 0 Å². The van der Waals surface area contributed by atoms with Crippen LogP contribution in [-0.4, -0.2) is 20.4 Å². The van der Waals surface area contributed by atoms with E-state index in [1.54, 1.807) is 12.3 Å². The van der Waals surface area contributed by atoms with Crippen molar-refractivity contribution in [2.24, 2.45) is 5.10 Å². The van der Waals surface area contributed by atoms with Crippen LogP contribution >= 0.6 is 15.9 Å². The van der Waals surface area contributed by atoms with E-state index in [1.807, 2.05) is 19.1 Å². The Morgan fingerprint density at radius 2 is 1.80 bits per heavy atom. The van der Waals surface area contributed by atoms with E-state index in [2.05, 4.69) is 81.7 Å². The van der Waals surface area contributed by atoms with E-state index in [9.17, 15) is 4.79 Å². The lowest BCUT2D eigenvalue weighted by Crippen LogP contribution is -2.22. The minimum atomic E-state index is -0.165. The molecule has 0 saturated heterocycles. The van der Waals surface area contributed by atoms with Crippen LogP contribution in [0, 0.1) is 20.8 Å². The zero-order chi connectivity index (χ0) is 21.4. The average Bonchev–Trinajstić information content (AvgIpc) is 3.01. The van der Waals surface area contributed by atoms with Gasteiger partial charge in [-0.2, -0.15) is 9.78 Å². The molecule has 4 aromatic rings. The molecular weight excluding hydrogens is 440 g/mol. The van der Waals surface area contributed by atoms with Crippen molar-refractivity contribution in [1.29, 1.82) is 0 Å². The maximum atomic E-state index is 13.1. The van der Waals surface area contributed by atoms with E-state index in [0.717, 1.165) is 27.1 Å². The first kappa shape index (κ1) is 20.3. The number of benzene rings is 2. The van der Waals surface area contributed by atoms with Crippen LogP contribution < -0.4 is 5.56 Å². The minimum Gasteiger partial charge on any atom is -0.318 e. The third-order valence-electron chi connectivity index (χ3n) is 5.27. The highest BCUT2D eigenvalue weighted by molar-refractivity contribution is 9.10. The summed E-state index contributed by atoms with van der Waals surface area (Å²) in [5.41, 5.74) is 6.01. The molecule has 0 N–H and O–H groups in total. The summed E-state index contributed by atoms with van der Waals surface area (Å²) >= 11 is 3.43. The van der Waals surface area contributed by atoms with Crippen LogP contribution in [0.25, 0.3) is 16.6 Å². The minimum absolute atomic E-state index is 0.165. The Morgan fingerprint density at radius 3 is 2.50 bits per heavy atom. The molecule has 0 aliphatic carbocycles. The zero-order valence-electron chi connectivity index (χ0n) is 17.5. The van der Waals surface area contributed by atoms with Crippen LogP contribution in [0.3, 0.4) is 0 Å². The number of hydrogen-bond acceptors (Lipinski definition) is 3. The third-order valence-corrected chi connectivity index (χ3v) is 5.76. The second kappa shape index (κ2) is 8.03. The molecule has 0 amide bonds. The summed E-state index contributed by atoms with van der Waals surface area (Å²) in [6, 6.07) is 16.1. The molecule has 152 valence electrons. The van der Waals surface area contributed by atoms with Crippen molar-refractivity contribution in [3.63, 3.8) is 0 Å². The van der Waals surface area contributed by atoms with Crippen molar-refractivity contribution in [3.8, 4) is 5.69 Å². The van der Waals surface area contributed by atoms with E-state index >= 15 is 0 Å². The average molecular weight is 463 g/mol. The van der Waals surface area contributed by atoms with Crippen molar-refractivity contribution in [3.05, 3.63) is 91.7 Å². The van der Waals surface area contributed by atoms with Gasteiger partial charge in [-0.15, -0.1) is 0 Å². The monoisotopic (exact) mass is 462 g/mol. The molecule has 0 unspecified atom stereocenters. The molecule has 5 nitrogen and oxygen atoms in total. The van der Waals surface area contributed by atoms with E-state index in [-0.39, 0.29) is 5.56 Å². The fourth-order valence-corrected chi connectivity index (χ4v) is 4.03. The zero-order valence-corrected chi connectivity index (χ0v) is 19.1. The summed E-state index contributed by atoms with van der Waals surface area (Å²) in [4.78, 5) is 17.7. The second-order valence-electron chi connectivity index (χ2n) is 7.40. The summed E-state index contributed by atoms with van der Waals surface area (Å²) in [5, 5.41) is 5.08. The number of fused-ring (bicyclic) bond motifs is 1. The van der Waals surface area contributed by atoms with Gasteiger partial charge in [0.15, 0.2) is 0 Å². The largest absolute Gasteiger partial charge is 0.318 e. The maximum Gasteiger partial charge on any atom is 0.282 e. The van der Waals surface area contributed by atoms with Crippen molar-refractivity contribution in [2.75, 3.05) is 0 Å². The highest BCUT2D eigenvalue weighted by Crippen LogP contribution is 2.20. The van der Waals surface area contributed by atoms with Crippen molar-refractivity contribution in [1.82, 2.24) is 14.2 Å². The first-order chi connectivity index (χ1) is 14.4. The van der Waals surface area contributed by atoms with E-state index in [0.29, 0.717) is 23.1 Å². The Kier molecular flexibility index (Phi) is 5.43. The predicted molar refractivity (Wildman–Crippen MR) is 126 cm³/mol. The van der Waals surface area contributed by atoms with Crippen LogP contribution in [0.15, 0.2) is 62.9 Å². The summed E-state index contributed by atoms with van der Waals surface area (Å²) in [6.45, 7) is 8.19. The Morgan fingerprint density at radius 1 is 1.07 bits per heavy atom. The predicted octanol–water partition coefficient (Wildman–Crippen LogP) is 5.32. The normalized spacial score (nSPS) is 11.6. The summed E-state index contributed by atoms with van der Waals surface area (Å²) in [7, 11) is 0. The first-order valence-corrected chi connectivity index (χ1v) is 10.7. The van der Waals surface area contributed by atoms with Crippen molar-refractivity contribution < 1.29 is 0 Å². The number of hydrogen-bond donors (Lipinski definition) is 0. The Hall–Kier alpha value is -2.99. The summed E-state index contributed by atoms with van der Waals surface area (Å²) in [6.07, 6.45) is 2.36. The van der Waals surface area contributed by atoms with Crippen molar-refractivity contribution >= 4 is 33.0 Å². The molecule has 6 heteroatoms. The maximum absolute atomic E-state index is 13.1. The molecular formula is C24H23BrN4O. The van der Waals surface area contributed by atoms with Gasteiger partial charge in [0.05, 0.1) is 17.1 Å². The Labute approximate surface area is 183 Å². The van der Waals surface area contributed by atoms with Crippen LogP contribution in [0.4, 0.5) is 0 Å². The van der Waals surface area contributed by atoms with Crippen LogP contribution in [-0.2, 0) is 6.42 Å². The van der Waals surface area contributed by atoms with E-state index in [4.69, 9.17) is 0 Å². The lowest BCUT2D eigenvalue weighted by molar-refractivity contribution is 0.734. The smallest absolute Gasteiger partial charge is 0.282 e. The van der Waals surface area contributed by atoms with Gasteiger partial charge >= 0.3 is 0 Å². The number of aromatic nitrogens is 3. The van der Waals surface area contributed by atoms with Gasteiger partial charge in [-0.25, -0.2) is 4.98 Å². The summed E-state index contributed by atoms with van der Waals surface area (Å²) in [5.74, 6) is 0.637. The highest BCUT2D eigenvalue weighted by Gasteiger charge is 2.12. The molecule has 4 rings (SSSR count). The first-order valence-electron chi connectivity index (χ1n) is 9.90. The van der Waals surface area contributed by atoms with Crippen LogP contribution in [0.5, 0.6) is 0 Å². The van der Waals surface area contributed by atoms with Crippen LogP contribution in [0.1, 0.15) is 35.3 Å². The fourth-order valence-electron chi connectivity index (χ4n) is 3.67. The Balaban J connectivity index is 1.80. The van der Waals surface area contributed by atoms with Gasteiger partial charge in [-0.05, 0) is 57.2 Å². The Bertz CT molecular complexity index is 1330. The molecule has 0 fully saturated rings. The van der Waals surface area contributed by atoms with E-state index in [1.165, 1.54) is 10.2 Å². The quantitative estimate of drug-likeness (QED) is 0.385. The van der Waals surface area contributed by atoms with Crippen LogP contribution in [0.2, 0.25) is 0 Å². The molecule has 0 radical (unpaired) electrons. The van der Waals surface area contributed by atoms with Gasteiger partial charge < -0.3 is 4.57 Å². The third kappa shape index (κ3) is 3.63. The van der Waals surface area contributed by atoms with Crippen molar-refractivity contribution in [2.45, 2.75) is 34.1 Å².